The van der Waals surface area contributed by atoms with Gasteiger partial charge < -0.3 is 10.4 Å². The van der Waals surface area contributed by atoms with E-state index in [4.69, 9.17) is 11.6 Å². The highest BCUT2D eigenvalue weighted by atomic mass is 35.5. The third kappa shape index (κ3) is 3.75. The Morgan fingerprint density at radius 2 is 2.04 bits per heavy atom. The summed E-state index contributed by atoms with van der Waals surface area (Å²) in [5.74, 6) is -0.897. The van der Waals surface area contributed by atoms with Crippen molar-refractivity contribution in [3.8, 4) is 0 Å². The molecule has 1 fully saturated rings. The van der Waals surface area contributed by atoms with Crippen molar-refractivity contribution in [2.24, 2.45) is 0 Å². The Hall–Kier alpha value is -1.95. The summed E-state index contributed by atoms with van der Waals surface area (Å²) in [5, 5.41) is 13.6. The molecule has 1 heterocycles. The van der Waals surface area contributed by atoms with E-state index in [0.29, 0.717) is 19.5 Å². The van der Waals surface area contributed by atoms with Gasteiger partial charge in [0.25, 0.3) is 0 Å². The van der Waals surface area contributed by atoms with Crippen LogP contribution in [-0.2, 0) is 10.4 Å². The van der Waals surface area contributed by atoms with Crippen molar-refractivity contribution in [3.63, 3.8) is 0 Å². The second-order valence-corrected chi connectivity index (χ2v) is 6.47. The number of likely N-dealkylation sites (tertiary alicyclic amines) is 1. The van der Waals surface area contributed by atoms with Gasteiger partial charge in [0.15, 0.2) is 0 Å². The summed E-state index contributed by atoms with van der Waals surface area (Å²) in [5.41, 5.74) is -0.00821. The minimum atomic E-state index is -0.951. The first-order valence-corrected chi connectivity index (χ1v) is 8.09. The lowest BCUT2D eigenvalue weighted by atomic mass is 9.93. The number of nitrogens with one attached hydrogen (secondary N) is 1. The van der Waals surface area contributed by atoms with E-state index < -0.39 is 11.4 Å². The molecule has 3 rings (SSSR count). The molecule has 6 heteroatoms. The Bertz CT molecular complexity index is 741. The predicted molar refractivity (Wildman–Crippen MR) is 91.4 cm³/mol. The van der Waals surface area contributed by atoms with Crippen molar-refractivity contribution < 1.29 is 14.3 Å². The second kappa shape index (κ2) is 6.89. The molecule has 2 aromatic carbocycles. The zero-order chi connectivity index (χ0) is 17.2. The maximum atomic E-state index is 13.7. The number of halogens is 2. The zero-order valence-electron chi connectivity index (χ0n) is 13.0. The highest BCUT2D eigenvalue weighted by molar-refractivity contribution is 6.30. The van der Waals surface area contributed by atoms with Crippen molar-refractivity contribution in [1.29, 1.82) is 0 Å². The Morgan fingerprint density at radius 3 is 2.75 bits per heavy atom. The van der Waals surface area contributed by atoms with Crippen molar-refractivity contribution in [2.75, 3.05) is 25.0 Å². The second-order valence-electron chi connectivity index (χ2n) is 6.03. The average Bonchev–Trinajstić information content (AvgIpc) is 2.93. The number of rotatable bonds is 4. The molecule has 1 aliphatic heterocycles. The van der Waals surface area contributed by atoms with E-state index in [1.54, 1.807) is 0 Å². The van der Waals surface area contributed by atoms with E-state index in [1.807, 2.05) is 35.2 Å². The molecule has 1 aliphatic rings. The van der Waals surface area contributed by atoms with Crippen LogP contribution in [0, 0.1) is 5.82 Å². The summed E-state index contributed by atoms with van der Waals surface area (Å²) in [6.45, 7) is 1.06. The van der Waals surface area contributed by atoms with E-state index in [0.717, 1.165) is 11.6 Å². The molecule has 0 unspecified atom stereocenters. The quantitative estimate of drug-likeness (QED) is 0.893. The van der Waals surface area contributed by atoms with Crippen LogP contribution in [0.1, 0.15) is 12.0 Å². The van der Waals surface area contributed by atoms with Crippen molar-refractivity contribution in [2.45, 2.75) is 12.0 Å². The number of hydrogen-bond acceptors (Lipinski definition) is 3. The number of amides is 1. The fourth-order valence-corrected chi connectivity index (χ4v) is 3.13. The first-order valence-electron chi connectivity index (χ1n) is 7.71. The average molecular weight is 349 g/mol. The van der Waals surface area contributed by atoms with Gasteiger partial charge in [-0.1, -0.05) is 41.9 Å². The third-order valence-corrected chi connectivity index (χ3v) is 4.45. The molecule has 0 aromatic heterocycles. The van der Waals surface area contributed by atoms with Crippen LogP contribution in [0.15, 0.2) is 48.5 Å². The molecule has 24 heavy (non-hydrogen) atoms. The Labute approximate surface area is 144 Å². The lowest BCUT2D eigenvalue weighted by molar-refractivity contribution is -0.117. The summed E-state index contributed by atoms with van der Waals surface area (Å²) in [6.07, 6.45) is 0.555. The Morgan fingerprint density at radius 1 is 1.29 bits per heavy atom. The first-order chi connectivity index (χ1) is 11.5. The van der Waals surface area contributed by atoms with Crippen LogP contribution in [0.4, 0.5) is 10.1 Å². The van der Waals surface area contributed by atoms with E-state index in [2.05, 4.69) is 5.32 Å². The van der Waals surface area contributed by atoms with Crippen LogP contribution < -0.4 is 5.32 Å². The van der Waals surface area contributed by atoms with Crippen molar-refractivity contribution in [1.82, 2.24) is 4.90 Å². The van der Waals surface area contributed by atoms with Crippen LogP contribution in [0.3, 0.4) is 0 Å². The Balaban J connectivity index is 1.60. The van der Waals surface area contributed by atoms with Gasteiger partial charge in [-0.2, -0.15) is 0 Å². The molecule has 0 radical (unpaired) electrons. The molecule has 2 N–H and O–H groups in total. The lowest BCUT2D eigenvalue weighted by Gasteiger charge is -2.23. The Kier molecular flexibility index (Phi) is 4.85. The molecule has 4 nitrogen and oxygen atoms in total. The number of benzene rings is 2. The summed E-state index contributed by atoms with van der Waals surface area (Å²) in [7, 11) is 0. The van der Waals surface area contributed by atoms with Gasteiger partial charge in [0, 0.05) is 18.1 Å². The molecule has 126 valence electrons. The molecule has 0 bridgehead atoms. The fraction of sp³-hybridized carbons (Fsp3) is 0.278. The van der Waals surface area contributed by atoms with Crippen LogP contribution in [-0.4, -0.2) is 35.5 Å². The smallest absolute Gasteiger partial charge is 0.238 e. The molecule has 0 spiro atoms. The molecular formula is C18H18ClFN2O2. The molecule has 1 saturated heterocycles. The SMILES string of the molecule is O=C(CN1CC[C@](O)(c2ccccc2)C1)Nc1ccc(Cl)cc1F. The topological polar surface area (TPSA) is 52.6 Å². The van der Waals surface area contributed by atoms with Crippen LogP contribution >= 0.6 is 11.6 Å². The van der Waals surface area contributed by atoms with E-state index in [1.165, 1.54) is 12.1 Å². The number of aliphatic hydroxyl groups is 1. The van der Waals surface area contributed by atoms with E-state index >= 15 is 0 Å². The number of β-amino-alcohol motifs (C(OH)–C–C–N with tert-alkyl or cyclic N) is 1. The van der Waals surface area contributed by atoms with Gasteiger partial charge in [0.2, 0.25) is 5.91 Å². The van der Waals surface area contributed by atoms with Gasteiger partial charge in [0.05, 0.1) is 12.2 Å². The minimum absolute atomic E-state index is 0.0945. The van der Waals surface area contributed by atoms with Gasteiger partial charge in [-0.15, -0.1) is 0 Å². The number of nitrogens with zero attached hydrogens (tertiary/aromatic N) is 1. The van der Waals surface area contributed by atoms with Gasteiger partial charge in [-0.3, -0.25) is 9.69 Å². The molecular weight excluding hydrogens is 331 g/mol. The normalized spacial score (nSPS) is 21.0. The fourth-order valence-electron chi connectivity index (χ4n) is 2.97. The number of hydrogen-bond donors (Lipinski definition) is 2. The molecule has 0 saturated carbocycles. The monoisotopic (exact) mass is 348 g/mol. The van der Waals surface area contributed by atoms with Gasteiger partial charge >= 0.3 is 0 Å². The summed E-state index contributed by atoms with van der Waals surface area (Å²) < 4.78 is 13.7. The van der Waals surface area contributed by atoms with Crippen molar-refractivity contribution in [3.05, 3.63) is 64.9 Å². The third-order valence-electron chi connectivity index (χ3n) is 4.21. The maximum Gasteiger partial charge on any atom is 0.238 e. The van der Waals surface area contributed by atoms with Crippen LogP contribution in [0.5, 0.6) is 0 Å². The molecule has 2 aromatic rings. The van der Waals surface area contributed by atoms with Crippen molar-refractivity contribution >= 4 is 23.2 Å². The number of anilines is 1. The number of carbonyl (C=O) groups is 1. The summed E-state index contributed by atoms with van der Waals surface area (Å²) in [6, 6.07) is 13.5. The molecule has 1 atom stereocenters. The van der Waals surface area contributed by atoms with Gasteiger partial charge in [-0.25, -0.2) is 4.39 Å². The highest BCUT2D eigenvalue weighted by Gasteiger charge is 2.37. The van der Waals surface area contributed by atoms with Crippen LogP contribution in [0.25, 0.3) is 0 Å². The predicted octanol–water partition coefficient (Wildman–Crippen LogP) is 3.01. The highest BCUT2D eigenvalue weighted by Crippen LogP contribution is 2.31. The maximum absolute atomic E-state index is 13.7. The van der Waals surface area contributed by atoms with Crippen LogP contribution in [0.2, 0.25) is 5.02 Å². The first kappa shape index (κ1) is 16.9. The van der Waals surface area contributed by atoms with E-state index in [-0.39, 0.29) is 23.2 Å². The lowest BCUT2D eigenvalue weighted by Crippen LogP contribution is -2.35. The van der Waals surface area contributed by atoms with Gasteiger partial charge in [0.1, 0.15) is 11.4 Å². The molecule has 0 aliphatic carbocycles. The summed E-state index contributed by atoms with van der Waals surface area (Å²) >= 11 is 5.69. The minimum Gasteiger partial charge on any atom is -0.384 e. The molecule has 1 amide bonds. The standard InChI is InChI=1S/C18H18ClFN2O2/c19-14-6-7-16(15(20)10-14)21-17(23)11-22-9-8-18(24,12-22)13-4-2-1-3-5-13/h1-7,10,24H,8-9,11-12H2,(H,21,23)/t18-/m1/s1. The number of carbonyl (C=O) groups excluding carboxylic acids is 1. The van der Waals surface area contributed by atoms with E-state index in [9.17, 15) is 14.3 Å². The van der Waals surface area contributed by atoms with Gasteiger partial charge in [-0.05, 0) is 30.2 Å². The zero-order valence-corrected chi connectivity index (χ0v) is 13.8. The largest absolute Gasteiger partial charge is 0.384 e. The summed E-state index contributed by atoms with van der Waals surface area (Å²) in [4.78, 5) is 14.0.